The number of amides is 1. The SMILES string of the molecule is COC(=O)c1cc(C(=O)NC(C)c2cc3ccccc3o2)cc([N+](=O)[O-])c1. The maximum atomic E-state index is 12.6. The Hall–Kier alpha value is -3.68. The first kappa shape index (κ1) is 18.1. The minimum Gasteiger partial charge on any atom is -0.465 e. The molecule has 0 aliphatic heterocycles. The molecule has 1 N–H and O–H groups in total. The number of benzene rings is 2. The first-order chi connectivity index (χ1) is 12.9. The lowest BCUT2D eigenvalue weighted by molar-refractivity contribution is -0.384. The van der Waals surface area contributed by atoms with E-state index < -0.39 is 22.8 Å². The summed E-state index contributed by atoms with van der Waals surface area (Å²) in [4.78, 5) is 34.7. The minimum absolute atomic E-state index is 0.0208. The zero-order chi connectivity index (χ0) is 19.6. The van der Waals surface area contributed by atoms with Crippen molar-refractivity contribution in [2.75, 3.05) is 7.11 Å². The molecular weight excluding hydrogens is 352 g/mol. The molecule has 0 fully saturated rings. The van der Waals surface area contributed by atoms with Crippen LogP contribution in [-0.4, -0.2) is 23.9 Å². The number of nitro benzene ring substituents is 1. The number of esters is 1. The number of para-hydroxylation sites is 1. The Labute approximate surface area is 153 Å². The van der Waals surface area contributed by atoms with Gasteiger partial charge in [0.15, 0.2) is 0 Å². The minimum atomic E-state index is -0.766. The Morgan fingerprint density at radius 1 is 1.15 bits per heavy atom. The van der Waals surface area contributed by atoms with Crippen molar-refractivity contribution >= 4 is 28.5 Å². The molecule has 1 heterocycles. The number of fused-ring (bicyclic) bond motifs is 1. The molecule has 3 aromatic rings. The topological polar surface area (TPSA) is 112 Å². The number of nitro groups is 1. The van der Waals surface area contributed by atoms with Crippen LogP contribution in [0, 0.1) is 10.1 Å². The van der Waals surface area contributed by atoms with Crippen molar-refractivity contribution in [2.24, 2.45) is 0 Å². The normalized spacial score (nSPS) is 11.8. The van der Waals surface area contributed by atoms with Crippen LogP contribution in [0.5, 0.6) is 0 Å². The predicted octanol–water partition coefficient (Wildman–Crippen LogP) is 3.62. The number of rotatable bonds is 5. The maximum Gasteiger partial charge on any atom is 0.338 e. The van der Waals surface area contributed by atoms with Gasteiger partial charge in [0.25, 0.3) is 11.6 Å². The van der Waals surface area contributed by atoms with Gasteiger partial charge in [-0.3, -0.25) is 14.9 Å². The van der Waals surface area contributed by atoms with Crippen molar-refractivity contribution in [1.82, 2.24) is 5.32 Å². The van der Waals surface area contributed by atoms with Crippen molar-refractivity contribution in [3.05, 3.63) is 75.5 Å². The van der Waals surface area contributed by atoms with Crippen LogP contribution in [0.15, 0.2) is 52.9 Å². The molecular formula is C19H16N2O6. The van der Waals surface area contributed by atoms with Gasteiger partial charge in [-0.2, -0.15) is 0 Å². The number of hydrogen-bond acceptors (Lipinski definition) is 6. The number of hydrogen-bond donors (Lipinski definition) is 1. The van der Waals surface area contributed by atoms with Gasteiger partial charge in [-0.15, -0.1) is 0 Å². The number of ether oxygens (including phenoxy) is 1. The Morgan fingerprint density at radius 2 is 1.85 bits per heavy atom. The predicted molar refractivity (Wildman–Crippen MR) is 96.5 cm³/mol. The van der Waals surface area contributed by atoms with Gasteiger partial charge in [0, 0.05) is 23.1 Å². The quantitative estimate of drug-likeness (QED) is 0.418. The van der Waals surface area contributed by atoms with E-state index in [4.69, 9.17) is 4.42 Å². The molecule has 0 radical (unpaired) electrons. The third-order valence-corrected chi connectivity index (χ3v) is 4.03. The van der Waals surface area contributed by atoms with E-state index in [1.165, 1.54) is 6.07 Å². The largest absolute Gasteiger partial charge is 0.465 e. The Bertz CT molecular complexity index is 1010. The summed E-state index contributed by atoms with van der Waals surface area (Å²) in [6, 6.07) is 12.2. The number of nitrogens with one attached hydrogen (secondary N) is 1. The van der Waals surface area contributed by atoms with E-state index in [1.54, 1.807) is 6.92 Å². The zero-order valence-corrected chi connectivity index (χ0v) is 14.6. The van der Waals surface area contributed by atoms with Gasteiger partial charge >= 0.3 is 5.97 Å². The molecule has 0 aliphatic rings. The Morgan fingerprint density at radius 3 is 2.52 bits per heavy atom. The van der Waals surface area contributed by atoms with Gasteiger partial charge in [-0.25, -0.2) is 4.79 Å². The van der Waals surface area contributed by atoms with Crippen LogP contribution in [0.3, 0.4) is 0 Å². The van der Waals surface area contributed by atoms with Crippen molar-refractivity contribution in [3.8, 4) is 0 Å². The van der Waals surface area contributed by atoms with E-state index in [0.717, 1.165) is 24.6 Å². The molecule has 1 unspecified atom stereocenters. The molecule has 0 saturated carbocycles. The van der Waals surface area contributed by atoms with E-state index in [1.807, 2.05) is 30.3 Å². The van der Waals surface area contributed by atoms with Gasteiger partial charge < -0.3 is 14.5 Å². The molecule has 0 bridgehead atoms. The molecule has 1 amide bonds. The summed E-state index contributed by atoms with van der Waals surface area (Å²) in [5, 5.41) is 14.7. The van der Waals surface area contributed by atoms with Gasteiger partial charge in [0.2, 0.25) is 0 Å². The van der Waals surface area contributed by atoms with Gasteiger partial charge in [-0.1, -0.05) is 18.2 Å². The summed E-state index contributed by atoms with van der Waals surface area (Å²) in [6.45, 7) is 1.73. The van der Waals surface area contributed by atoms with Crippen LogP contribution in [0.4, 0.5) is 5.69 Å². The second-order valence-electron chi connectivity index (χ2n) is 5.90. The summed E-state index contributed by atoms with van der Waals surface area (Å²) in [7, 11) is 1.16. The first-order valence-corrected chi connectivity index (χ1v) is 8.06. The summed E-state index contributed by atoms with van der Waals surface area (Å²) in [5.41, 5.74) is 0.220. The standard InChI is InChI=1S/C19H16N2O6/c1-11(17-10-12-5-3-4-6-16(12)27-17)20-18(22)13-7-14(19(23)26-2)9-15(8-13)21(24)25/h3-11H,1-2H3,(H,20,22). The molecule has 1 atom stereocenters. The van der Waals surface area contributed by atoms with E-state index in [-0.39, 0.29) is 16.8 Å². The fourth-order valence-corrected chi connectivity index (χ4v) is 2.65. The monoisotopic (exact) mass is 368 g/mol. The third-order valence-electron chi connectivity index (χ3n) is 4.03. The lowest BCUT2D eigenvalue weighted by atomic mass is 10.1. The first-order valence-electron chi connectivity index (χ1n) is 8.06. The van der Waals surface area contributed by atoms with Crippen LogP contribution < -0.4 is 5.32 Å². The molecule has 8 nitrogen and oxygen atoms in total. The van der Waals surface area contributed by atoms with Crippen molar-refractivity contribution < 1.29 is 23.7 Å². The third kappa shape index (κ3) is 3.79. The molecule has 27 heavy (non-hydrogen) atoms. The molecule has 0 aliphatic carbocycles. The van der Waals surface area contributed by atoms with Crippen LogP contribution in [0.25, 0.3) is 11.0 Å². The van der Waals surface area contributed by atoms with E-state index >= 15 is 0 Å². The van der Waals surface area contributed by atoms with Crippen LogP contribution >= 0.6 is 0 Å². The second kappa shape index (κ2) is 7.28. The highest BCUT2D eigenvalue weighted by Gasteiger charge is 2.20. The number of methoxy groups -OCH3 is 1. The van der Waals surface area contributed by atoms with Crippen LogP contribution in [0.2, 0.25) is 0 Å². The highest BCUT2D eigenvalue weighted by Crippen LogP contribution is 2.24. The maximum absolute atomic E-state index is 12.6. The fourth-order valence-electron chi connectivity index (χ4n) is 2.65. The Kier molecular flexibility index (Phi) is 4.89. The molecule has 138 valence electrons. The lowest BCUT2D eigenvalue weighted by Crippen LogP contribution is -2.26. The highest BCUT2D eigenvalue weighted by atomic mass is 16.6. The number of furan rings is 1. The van der Waals surface area contributed by atoms with Crippen LogP contribution in [0.1, 0.15) is 39.4 Å². The molecule has 3 rings (SSSR count). The number of carbonyl (C=O) groups is 2. The summed E-state index contributed by atoms with van der Waals surface area (Å²) in [6.07, 6.45) is 0. The number of nitrogens with zero attached hydrogens (tertiary/aromatic N) is 1. The Balaban J connectivity index is 1.87. The van der Waals surface area contributed by atoms with Crippen molar-refractivity contribution in [2.45, 2.75) is 13.0 Å². The highest BCUT2D eigenvalue weighted by molar-refractivity contribution is 5.99. The van der Waals surface area contributed by atoms with E-state index in [0.29, 0.717) is 11.3 Å². The number of non-ortho nitro benzene ring substituents is 1. The van der Waals surface area contributed by atoms with Gasteiger partial charge in [0.1, 0.15) is 11.3 Å². The smallest absolute Gasteiger partial charge is 0.338 e. The van der Waals surface area contributed by atoms with Crippen molar-refractivity contribution in [1.29, 1.82) is 0 Å². The van der Waals surface area contributed by atoms with E-state index in [2.05, 4.69) is 10.1 Å². The van der Waals surface area contributed by atoms with E-state index in [9.17, 15) is 19.7 Å². The molecule has 2 aromatic carbocycles. The molecule has 8 heteroatoms. The van der Waals surface area contributed by atoms with Crippen LogP contribution in [-0.2, 0) is 4.74 Å². The van der Waals surface area contributed by atoms with Gasteiger partial charge in [-0.05, 0) is 25.1 Å². The summed E-state index contributed by atoms with van der Waals surface area (Å²) in [5.74, 6) is -0.793. The van der Waals surface area contributed by atoms with Crippen molar-refractivity contribution in [3.63, 3.8) is 0 Å². The fraction of sp³-hybridized carbons (Fsp3) is 0.158. The number of carbonyl (C=O) groups excluding carboxylic acids is 2. The molecule has 0 spiro atoms. The molecule has 1 aromatic heterocycles. The summed E-state index contributed by atoms with van der Waals surface area (Å²) >= 11 is 0. The summed E-state index contributed by atoms with van der Waals surface area (Å²) < 4.78 is 10.3. The van der Waals surface area contributed by atoms with Gasteiger partial charge in [0.05, 0.1) is 23.6 Å². The average Bonchev–Trinajstić information content (AvgIpc) is 3.11. The lowest BCUT2D eigenvalue weighted by Gasteiger charge is -2.12. The zero-order valence-electron chi connectivity index (χ0n) is 14.6. The second-order valence-corrected chi connectivity index (χ2v) is 5.90. The molecule has 0 saturated heterocycles. The average molecular weight is 368 g/mol.